The van der Waals surface area contributed by atoms with Crippen molar-refractivity contribution in [2.24, 2.45) is 4.99 Å². The monoisotopic (exact) mass is 522 g/mol. The topological polar surface area (TPSA) is 72.0 Å². The zero-order valence-electron chi connectivity index (χ0n) is 18.5. The molecule has 1 amide bonds. The van der Waals surface area contributed by atoms with Crippen LogP contribution in [0.5, 0.6) is 0 Å². The summed E-state index contributed by atoms with van der Waals surface area (Å²) in [5.41, 5.74) is 0. The van der Waals surface area contributed by atoms with Gasteiger partial charge in [-0.15, -0.1) is 24.0 Å². The predicted molar refractivity (Wildman–Crippen MR) is 132 cm³/mol. The molecule has 0 aliphatic carbocycles. The number of aliphatic imine (C=N–C) groups is 1. The van der Waals surface area contributed by atoms with Gasteiger partial charge in [-0.2, -0.15) is 0 Å². The van der Waals surface area contributed by atoms with E-state index in [1.54, 1.807) is 7.05 Å². The molecule has 2 aliphatic rings. The molecular weight excluding hydrogens is 479 g/mol. The van der Waals surface area contributed by atoms with E-state index in [4.69, 9.17) is 4.99 Å². The number of nitrogens with one attached hydrogen (secondary N) is 3. The van der Waals surface area contributed by atoms with Gasteiger partial charge in [0.2, 0.25) is 5.91 Å². The Labute approximate surface area is 194 Å². The second kappa shape index (κ2) is 16.1. The maximum Gasteiger partial charge on any atom is 0.233 e. The third-order valence-corrected chi connectivity index (χ3v) is 5.77. The molecule has 0 aromatic heterocycles. The quantitative estimate of drug-likeness (QED) is 0.177. The molecule has 0 spiro atoms. The Hall–Kier alpha value is -0.610. The second-order valence-electron chi connectivity index (χ2n) is 8.09. The van der Waals surface area contributed by atoms with Gasteiger partial charge in [0, 0.05) is 39.3 Å². The van der Waals surface area contributed by atoms with Crippen LogP contribution in [0.2, 0.25) is 0 Å². The first-order chi connectivity index (χ1) is 13.7. The van der Waals surface area contributed by atoms with Crippen LogP contribution in [0.4, 0.5) is 0 Å². The summed E-state index contributed by atoms with van der Waals surface area (Å²) in [6, 6.07) is 0.442. The summed E-state index contributed by atoms with van der Waals surface area (Å²) in [6.07, 6.45) is 10.0. The van der Waals surface area contributed by atoms with Gasteiger partial charge in [0.05, 0.1) is 6.54 Å². The lowest BCUT2D eigenvalue weighted by molar-refractivity contribution is -0.122. The number of hydrogen-bond acceptors (Lipinski definition) is 4. The van der Waals surface area contributed by atoms with Crippen LogP contribution in [0.25, 0.3) is 0 Å². The molecule has 7 nitrogen and oxygen atoms in total. The van der Waals surface area contributed by atoms with E-state index in [-0.39, 0.29) is 29.9 Å². The van der Waals surface area contributed by atoms with Gasteiger partial charge in [0.1, 0.15) is 0 Å². The number of likely N-dealkylation sites (tertiary alicyclic amines) is 2. The number of unbranched alkanes of at least 4 members (excludes halogenated alkanes) is 2. The molecule has 2 fully saturated rings. The highest BCUT2D eigenvalue weighted by Gasteiger charge is 2.21. The van der Waals surface area contributed by atoms with Crippen LogP contribution < -0.4 is 16.0 Å². The molecule has 0 aromatic carbocycles. The lowest BCUT2D eigenvalue weighted by Gasteiger charge is -2.32. The molecule has 2 rings (SSSR count). The van der Waals surface area contributed by atoms with Gasteiger partial charge in [-0.3, -0.25) is 14.7 Å². The summed E-state index contributed by atoms with van der Waals surface area (Å²) in [6.45, 7) is 10.2. The summed E-state index contributed by atoms with van der Waals surface area (Å²) < 4.78 is 0. The Bertz CT molecular complexity index is 462. The van der Waals surface area contributed by atoms with Crippen molar-refractivity contribution in [1.82, 2.24) is 25.8 Å². The first-order valence-electron chi connectivity index (χ1n) is 11.4. The standard InChI is InChI=1S/C21H42N6O.HI/c1-3-23-21(24-12-6-4-7-13-26-14-8-5-9-15-26)25-19-10-16-27(17-11-19)18-20(28)22-2;/h19H,3-18H2,1-2H3,(H,22,28)(H2,23,24,25);1H. The summed E-state index contributed by atoms with van der Waals surface area (Å²) in [5.74, 6) is 1.05. The van der Waals surface area contributed by atoms with E-state index in [2.05, 4.69) is 32.7 Å². The van der Waals surface area contributed by atoms with Crippen LogP contribution in [-0.2, 0) is 4.79 Å². The van der Waals surface area contributed by atoms with Crippen molar-refractivity contribution in [3.05, 3.63) is 0 Å². The number of carbonyl (C=O) groups is 1. The van der Waals surface area contributed by atoms with Gasteiger partial charge in [0.15, 0.2) is 5.96 Å². The minimum atomic E-state index is 0. The minimum absolute atomic E-state index is 0. The van der Waals surface area contributed by atoms with Crippen LogP contribution in [0, 0.1) is 0 Å². The Balaban J connectivity index is 0.00000420. The smallest absolute Gasteiger partial charge is 0.233 e. The maximum atomic E-state index is 11.5. The number of likely N-dealkylation sites (N-methyl/N-ethyl adjacent to an activating group) is 1. The number of carbonyl (C=O) groups excluding carboxylic acids is 1. The highest BCUT2D eigenvalue weighted by molar-refractivity contribution is 14.0. The minimum Gasteiger partial charge on any atom is -0.358 e. The van der Waals surface area contributed by atoms with Gasteiger partial charge in [-0.25, -0.2) is 0 Å². The Morgan fingerprint density at radius 1 is 1.00 bits per heavy atom. The SMILES string of the molecule is CCNC(=NCCCCCN1CCCCC1)NC1CCN(CC(=O)NC)CC1.I. The number of guanidine groups is 1. The van der Waals surface area contributed by atoms with Crippen molar-refractivity contribution in [2.75, 3.05) is 59.4 Å². The van der Waals surface area contributed by atoms with Crippen molar-refractivity contribution in [2.45, 2.75) is 64.3 Å². The molecule has 2 saturated heterocycles. The van der Waals surface area contributed by atoms with E-state index in [0.29, 0.717) is 12.6 Å². The van der Waals surface area contributed by atoms with Crippen molar-refractivity contribution in [1.29, 1.82) is 0 Å². The van der Waals surface area contributed by atoms with E-state index in [0.717, 1.165) is 51.4 Å². The molecule has 0 saturated carbocycles. The summed E-state index contributed by atoms with van der Waals surface area (Å²) >= 11 is 0. The first kappa shape index (κ1) is 26.4. The Morgan fingerprint density at radius 3 is 2.38 bits per heavy atom. The number of hydrogen-bond donors (Lipinski definition) is 3. The average molecular weight is 523 g/mol. The summed E-state index contributed by atoms with van der Waals surface area (Å²) in [5, 5.41) is 9.67. The van der Waals surface area contributed by atoms with Crippen LogP contribution in [-0.4, -0.2) is 87.1 Å². The van der Waals surface area contributed by atoms with Gasteiger partial charge >= 0.3 is 0 Å². The number of nitrogens with zero attached hydrogens (tertiary/aromatic N) is 3. The van der Waals surface area contributed by atoms with Crippen molar-refractivity contribution in [3.8, 4) is 0 Å². The van der Waals surface area contributed by atoms with Crippen LogP contribution in [0.3, 0.4) is 0 Å². The largest absolute Gasteiger partial charge is 0.358 e. The summed E-state index contributed by atoms with van der Waals surface area (Å²) in [7, 11) is 1.70. The van der Waals surface area contributed by atoms with E-state index >= 15 is 0 Å². The third-order valence-electron chi connectivity index (χ3n) is 5.77. The third kappa shape index (κ3) is 11.4. The molecule has 0 atom stereocenters. The van der Waals surface area contributed by atoms with E-state index in [9.17, 15) is 4.79 Å². The Kier molecular flexibility index (Phi) is 14.7. The molecule has 2 aliphatic heterocycles. The summed E-state index contributed by atoms with van der Waals surface area (Å²) in [4.78, 5) is 21.1. The fraction of sp³-hybridized carbons (Fsp3) is 0.905. The van der Waals surface area contributed by atoms with Gasteiger partial charge in [-0.1, -0.05) is 12.8 Å². The molecule has 0 radical (unpaired) electrons. The molecule has 3 N–H and O–H groups in total. The first-order valence-corrected chi connectivity index (χ1v) is 11.4. The highest BCUT2D eigenvalue weighted by atomic mass is 127. The molecular formula is C21H43IN6O. The van der Waals surface area contributed by atoms with Crippen molar-refractivity contribution in [3.63, 3.8) is 0 Å². The fourth-order valence-corrected chi connectivity index (χ4v) is 4.03. The molecule has 0 unspecified atom stereocenters. The van der Waals surface area contributed by atoms with E-state index in [1.807, 2.05) is 0 Å². The van der Waals surface area contributed by atoms with E-state index < -0.39 is 0 Å². The number of halogens is 1. The number of rotatable bonds is 10. The maximum absolute atomic E-state index is 11.5. The van der Waals surface area contributed by atoms with Crippen molar-refractivity contribution >= 4 is 35.8 Å². The van der Waals surface area contributed by atoms with Crippen LogP contribution in [0.15, 0.2) is 4.99 Å². The number of amides is 1. The van der Waals surface area contributed by atoms with Gasteiger partial charge < -0.3 is 20.9 Å². The lowest BCUT2D eigenvalue weighted by atomic mass is 10.1. The van der Waals surface area contributed by atoms with Crippen LogP contribution >= 0.6 is 24.0 Å². The zero-order valence-corrected chi connectivity index (χ0v) is 20.9. The zero-order chi connectivity index (χ0) is 20.0. The highest BCUT2D eigenvalue weighted by Crippen LogP contribution is 2.11. The lowest BCUT2D eigenvalue weighted by Crippen LogP contribution is -2.50. The second-order valence-corrected chi connectivity index (χ2v) is 8.09. The molecule has 0 bridgehead atoms. The number of piperidine rings is 2. The van der Waals surface area contributed by atoms with E-state index in [1.165, 1.54) is 51.7 Å². The van der Waals surface area contributed by atoms with Gasteiger partial charge in [-0.05, 0) is 65.1 Å². The molecule has 29 heavy (non-hydrogen) atoms. The normalized spacial score (nSPS) is 19.4. The average Bonchev–Trinajstić information content (AvgIpc) is 2.72. The predicted octanol–water partition coefficient (Wildman–Crippen LogP) is 2.03. The molecule has 2 heterocycles. The Morgan fingerprint density at radius 2 is 1.72 bits per heavy atom. The molecule has 8 heteroatoms. The fourth-order valence-electron chi connectivity index (χ4n) is 4.03. The molecule has 0 aromatic rings. The van der Waals surface area contributed by atoms with Gasteiger partial charge in [0.25, 0.3) is 0 Å². The van der Waals surface area contributed by atoms with Crippen molar-refractivity contribution < 1.29 is 4.79 Å². The van der Waals surface area contributed by atoms with Crippen LogP contribution in [0.1, 0.15) is 58.3 Å². The molecule has 170 valence electrons.